The number of aromatic nitrogens is 1. The molecule has 0 aliphatic carbocycles. The van der Waals surface area contributed by atoms with Crippen LogP contribution >= 0.6 is 0 Å². The number of ether oxygens (including phenoxy) is 2. The number of carboxylic acid groups (broad SMARTS) is 5. The Morgan fingerprint density at radius 1 is 0.657 bits per heavy atom. The molecular formula is C47H61N5O15. The first-order chi connectivity index (χ1) is 32.2. The smallest absolute Gasteiger partial charge is 0.373 e. The highest BCUT2D eigenvalue weighted by molar-refractivity contribution is 5.91. The molecule has 0 bridgehead atoms. The molecule has 3 heterocycles. The van der Waals surface area contributed by atoms with Crippen molar-refractivity contribution in [1.82, 2.24) is 14.8 Å². The van der Waals surface area contributed by atoms with E-state index in [9.17, 15) is 54.3 Å². The monoisotopic (exact) mass is 935 g/mol. The van der Waals surface area contributed by atoms with Crippen molar-refractivity contribution in [3.05, 3.63) is 53.9 Å². The van der Waals surface area contributed by atoms with Crippen molar-refractivity contribution < 1.29 is 72.6 Å². The second-order valence-electron chi connectivity index (χ2n) is 16.5. The molecule has 2 aromatic carbocycles. The highest BCUT2D eigenvalue weighted by atomic mass is 16.5. The first kappa shape index (κ1) is 51.2. The van der Waals surface area contributed by atoms with Crippen LogP contribution in [-0.2, 0) is 30.4 Å². The first-order valence-electron chi connectivity index (χ1n) is 22.7. The van der Waals surface area contributed by atoms with E-state index in [-0.39, 0.29) is 65.6 Å². The predicted octanol–water partition coefficient (Wildman–Crippen LogP) is 6.19. The van der Waals surface area contributed by atoms with Crippen molar-refractivity contribution in [2.75, 3.05) is 81.9 Å². The number of hydrogen-bond donors (Lipinski definition) is 5. The van der Waals surface area contributed by atoms with E-state index in [0.29, 0.717) is 30.5 Å². The highest BCUT2D eigenvalue weighted by Gasteiger charge is 2.25. The van der Waals surface area contributed by atoms with E-state index in [0.717, 1.165) is 42.1 Å². The van der Waals surface area contributed by atoms with Crippen LogP contribution in [0, 0.1) is 0 Å². The van der Waals surface area contributed by atoms with Gasteiger partial charge < -0.3 is 58.5 Å². The summed E-state index contributed by atoms with van der Waals surface area (Å²) in [5.74, 6) is -7.02. The predicted molar refractivity (Wildman–Crippen MR) is 244 cm³/mol. The fourth-order valence-electron chi connectivity index (χ4n) is 7.96. The van der Waals surface area contributed by atoms with Crippen molar-refractivity contribution in [1.29, 1.82) is 0 Å². The zero-order valence-electron chi connectivity index (χ0n) is 37.9. The number of benzene rings is 2. The number of furan rings is 1. The summed E-state index contributed by atoms with van der Waals surface area (Å²) < 4.78 is 23.3. The summed E-state index contributed by atoms with van der Waals surface area (Å²) in [6.45, 7) is 2.92. The zero-order valence-corrected chi connectivity index (χ0v) is 37.9. The van der Waals surface area contributed by atoms with Gasteiger partial charge in [-0.3, -0.25) is 28.9 Å². The number of aromatic carboxylic acids is 1. The van der Waals surface area contributed by atoms with E-state index in [1.54, 1.807) is 18.2 Å². The normalized spacial score (nSPS) is 12.8. The maximum absolute atomic E-state index is 13.4. The summed E-state index contributed by atoms with van der Waals surface area (Å²) in [5.41, 5.74) is 1.01. The molecule has 20 nitrogen and oxygen atoms in total. The van der Waals surface area contributed by atoms with Gasteiger partial charge in [0.05, 0.1) is 17.6 Å². The van der Waals surface area contributed by atoms with Crippen LogP contribution in [0.25, 0.3) is 22.6 Å². The number of fused-ring (bicyclic) bond motifs is 1. The molecule has 2 aromatic heterocycles. The Morgan fingerprint density at radius 3 is 1.76 bits per heavy atom. The number of carbonyl (C=O) groups is 6. The maximum Gasteiger partial charge on any atom is 0.373 e. The number of carbonyl (C=O) groups excluding carboxylic acids is 1. The van der Waals surface area contributed by atoms with E-state index < -0.39 is 61.8 Å². The largest absolute Gasteiger partial charge is 0.488 e. The molecule has 20 heteroatoms. The highest BCUT2D eigenvalue weighted by Crippen LogP contribution is 2.38. The Bertz CT molecular complexity index is 2270. The van der Waals surface area contributed by atoms with E-state index in [1.807, 2.05) is 4.90 Å². The summed E-state index contributed by atoms with van der Waals surface area (Å²) in [5, 5.41) is 48.2. The molecule has 0 spiro atoms. The molecule has 1 amide bonds. The zero-order chi connectivity index (χ0) is 48.3. The van der Waals surface area contributed by atoms with Crippen LogP contribution in [0.15, 0.2) is 51.4 Å². The lowest BCUT2D eigenvalue weighted by molar-refractivity contribution is -0.138. The van der Waals surface area contributed by atoms with Crippen molar-refractivity contribution in [3.63, 3.8) is 0 Å². The van der Waals surface area contributed by atoms with E-state index in [2.05, 4.69) is 16.8 Å². The molecule has 1 aliphatic heterocycles. The number of rotatable bonds is 31. The second-order valence-corrected chi connectivity index (χ2v) is 16.5. The number of amides is 1. The molecule has 1 fully saturated rings. The van der Waals surface area contributed by atoms with Crippen molar-refractivity contribution in [2.24, 2.45) is 0 Å². The van der Waals surface area contributed by atoms with Gasteiger partial charge in [-0.05, 0) is 49.2 Å². The number of aliphatic carboxylic acids is 4. The van der Waals surface area contributed by atoms with Crippen LogP contribution in [0.1, 0.15) is 93.7 Å². The second kappa shape index (κ2) is 25.8. The Balaban J connectivity index is 1.24. The molecule has 364 valence electrons. The minimum Gasteiger partial charge on any atom is -0.488 e. The van der Waals surface area contributed by atoms with Gasteiger partial charge in [0, 0.05) is 44.1 Å². The number of carboxylic acids is 5. The van der Waals surface area contributed by atoms with Crippen LogP contribution in [0.4, 0.5) is 11.4 Å². The molecule has 0 unspecified atom stereocenters. The minimum atomic E-state index is -1.35. The standard InChI is InChI=1S/C47H61N5O15/c1-2-3-4-5-6-7-8-9-10-11-16-49-17-19-50(20-18-49)41(53)15-13-32-12-14-34(51(28-42(54)55)29-43(56)57)37(23-32)64-21-22-65-38-24-33-25-39(46-48-27-40(67-46)47(62)63)66-36(33)26-35(38)52(30-44(58)59)31-45(60)61/h12,14,23-27H,2-11,13,15-22,28-31H2,1H3,(H,54,55)(H,56,57)(H,58,59)(H,60,61)(H,62,63). The van der Waals surface area contributed by atoms with E-state index in [1.165, 1.54) is 76.0 Å². The van der Waals surface area contributed by atoms with Gasteiger partial charge in [0.25, 0.3) is 5.89 Å². The maximum atomic E-state index is 13.4. The van der Waals surface area contributed by atoms with Crippen molar-refractivity contribution in [3.8, 4) is 23.1 Å². The molecule has 5 rings (SSSR count). The number of piperazine rings is 1. The number of hydrogen-bond acceptors (Lipinski definition) is 14. The summed E-state index contributed by atoms with van der Waals surface area (Å²) in [6, 6.07) is 9.14. The molecule has 5 N–H and O–H groups in total. The molecule has 1 saturated heterocycles. The molecule has 1 aliphatic rings. The number of unbranched alkanes of at least 4 members (excludes halogenated alkanes) is 9. The van der Waals surface area contributed by atoms with Gasteiger partial charge in [-0.15, -0.1) is 0 Å². The van der Waals surface area contributed by atoms with Gasteiger partial charge in [0.15, 0.2) is 5.76 Å². The molecule has 0 saturated carbocycles. The van der Waals surface area contributed by atoms with Gasteiger partial charge in [-0.2, -0.15) is 0 Å². The lowest BCUT2D eigenvalue weighted by Crippen LogP contribution is -2.48. The number of nitrogens with zero attached hydrogens (tertiary/aromatic N) is 5. The van der Waals surface area contributed by atoms with Crippen LogP contribution in [0.3, 0.4) is 0 Å². The lowest BCUT2D eigenvalue weighted by atomic mass is 10.1. The minimum absolute atomic E-state index is 0.000275. The number of oxazole rings is 1. The summed E-state index contributed by atoms with van der Waals surface area (Å²) >= 11 is 0. The van der Waals surface area contributed by atoms with Crippen LogP contribution in [0.5, 0.6) is 11.5 Å². The van der Waals surface area contributed by atoms with E-state index in [4.69, 9.17) is 18.3 Å². The Hall–Kier alpha value is -6.83. The lowest BCUT2D eigenvalue weighted by Gasteiger charge is -2.34. The summed E-state index contributed by atoms with van der Waals surface area (Å²) in [7, 11) is 0. The van der Waals surface area contributed by atoms with Gasteiger partial charge >= 0.3 is 29.8 Å². The number of aryl methyl sites for hydroxylation is 1. The average molecular weight is 936 g/mol. The van der Waals surface area contributed by atoms with Gasteiger partial charge in [-0.1, -0.05) is 70.8 Å². The van der Waals surface area contributed by atoms with Gasteiger partial charge in [-0.25, -0.2) is 9.78 Å². The average Bonchev–Trinajstić information content (AvgIpc) is 3.95. The molecular weight excluding hydrogens is 875 g/mol. The molecule has 0 radical (unpaired) electrons. The Kier molecular flexibility index (Phi) is 19.7. The third-order valence-corrected chi connectivity index (χ3v) is 11.3. The molecule has 4 aromatic rings. The van der Waals surface area contributed by atoms with Crippen LogP contribution in [0.2, 0.25) is 0 Å². The Labute approximate surface area is 387 Å². The molecule has 67 heavy (non-hydrogen) atoms. The first-order valence-corrected chi connectivity index (χ1v) is 22.7. The van der Waals surface area contributed by atoms with Gasteiger partial charge in [0.1, 0.15) is 56.5 Å². The fraction of sp³-hybridized carbons (Fsp3) is 0.511. The summed E-state index contributed by atoms with van der Waals surface area (Å²) in [4.78, 5) is 82.4. The third kappa shape index (κ3) is 16.2. The van der Waals surface area contributed by atoms with E-state index >= 15 is 0 Å². The molecule has 0 atom stereocenters. The fourth-order valence-corrected chi connectivity index (χ4v) is 7.96. The number of anilines is 2. The SMILES string of the molecule is CCCCCCCCCCCCN1CCN(C(=O)CCc2ccc(N(CC(=O)O)CC(=O)O)c(OCCOc3cc4cc(-c5ncc(C(=O)O)o5)oc4cc3N(CC(=O)O)CC(=O)O)c2)CC1. The van der Waals surface area contributed by atoms with Crippen molar-refractivity contribution >= 4 is 58.1 Å². The van der Waals surface area contributed by atoms with Crippen LogP contribution < -0.4 is 19.3 Å². The Morgan fingerprint density at radius 2 is 1.21 bits per heavy atom. The van der Waals surface area contributed by atoms with Crippen molar-refractivity contribution in [2.45, 2.75) is 84.0 Å². The quantitative estimate of drug-likeness (QED) is 0.0352. The topological polar surface area (TPSA) is 274 Å². The third-order valence-electron chi connectivity index (χ3n) is 11.3. The van der Waals surface area contributed by atoms with Crippen LogP contribution in [-0.4, -0.2) is 148 Å². The summed E-state index contributed by atoms with van der Waals surface area (Å²) in [6.07, 6.45) is 14.3. The van der Waals surface area contributed by atoms with Gasteiger partial charge in [0.2, 0.25) is 11.7 Å².